The van der Waals surface area contributed by atoms with Crippen LogP contribution in [0.25, 0.3) is 0 Å². The number of carbonyl (C=O) groups is 3. The average Bonchev–Trinajstić information content (AvgIpc) is 3.47. The van der Waals surface area contributed by atoms with Gasteiger partial charge in [-0.25, -0.2) is 0 Å². The number of unbranched alkanes of at least 4 members (excludes halogenated alkanes) is 49. The maximum Gasteiger partial charge on any atom is 0.306 e. The molecule has 0 bridgehead atoms. The van der Waals surface area contributed by atoms with Crippen LogP contribution in [0.15, 0.2) is 48.6 Å². The van der Waals surface area contributed by atoms with Gasteiger partial charge in [0.25, 0.3) is 0 Å². The van der Waals surface area contributed by atoms with Gasteiger partial charge in [-0.2, -0.15) is 0 Å². The fourth-order valence-corrected chi connectivity index (χ4v) is 11.1. The molecule has 0 amide bonds. The Morgan fingerprint density at radius 1 is 0.256 bits per heavy atom. The maximum absolute atomic E-state index is 13.0. The Bertz CT molecular complexity index is 1410. The summed E-state index contributed by atoms with van der Waals surface area (Å²) in [6.07, 6.45) is 90.0. The lowest BCUT2D eigenvalue weighted by molar-refractivity contribution is -0.167. The number of carbonyl (C=O) groups excluding carboxylic acids is 3. The lowest BCUT2D eigenvalue weighted by atomic mass is 10.0. The van der Waals surface area contributed by atoms with Crippen LogP contribution in [0.3, 0.4) is 0 Å². The molecule has 0 aliphatic heterocycles. The first-order chi connectivity index (χ1) is 40.5. The molecule has 82 heavy (non-hydrogen) atoms. The molecule has 0 rings (SSSR count). The zero-order valence-corrected chi connectivity index (χ0v) is 55.3. The van der Waals surface area contributed by atoms with Crippen molar-refractivity contribution in [2.45, 2.75) is 406 Å². The Labute approximate surface area is 511 Å². The number of hydrogen-bond donors (Lipinski definition) is 0. The van der Waals surface area contributed by atoms with Gasteiger partial charge < -0.3 is 14.2 Å². The second-order valence-electron chi connectivity index (χ2n) is 24.8. The summed E-state index contributed by atoms with van der Waals surface area (Å²) in [7, 11) is 0. The van der Waals surface area contributed by atoms with E-state index in [0.29, 0.717) is 19.3 Å². The molecular formula is C76H140O6. The van der Waals surface area contributed by atoms with Crippen LogP contribution in [0.1, 0.15) is 400 Å². The molecule has 0 heterocycles. The van der Waals surface area contributed by atoms with Gasteiger partial charge in [0.2, 0.25) is 0 Å². The quantitative estimate of drug-likeness (QED) is 0.0261. The molecule has 0 aliphatic rings. The normalized spacial score (nSPS) is 12.3. The maximum atomic E-state index is 13.0. The highest BCUT2D eigenvalue weighted by atomic mass is 16.6. The van der Waals surface area contributed by atoms with Gasteiger partial charge >= 0.3 is 17.9 Å². The molecule has 6 heteroatoms. The average molecular weight is 1150 g/mol. The summed E-state index contributed by atoms with van der Waals surface area (Å²) in [4.78, 5) is 38.5. The van der Waals surface area contributed by atoms with Crippen molar-refractivity contribution < 1.29 is 28.6 Å². The molecule has 0 saturated carbocycles. The van der Waals surface area contributed by atoms with Gasteiger partial charge in [-0.1, -0.05) is 352 Å². The van der Waals surface area contributed by atoms with Gasteiger partial charge in [0.1, 0.15) is 13.2 Å². The largest absolute Gasteiger partial charge is 0.462 e. The number of ether oxygens (including phenoxy) is 3. The van der Waals surface area contributed by atoms with Crippen LogP contribution in [-0.2, 0) is 28.6 Å². The standard InChI is InChI=1S/C76H140O6/c1-4-7-10-13-16-19-22-25-28-31-33-35-37-38-39-41-42-45-48-51-54-57-60-63-66-69-75(78)81-72-73(71-80-74(77)68-65-62-59-56-53-50-47-44-30-27-24-21-18-15-12-9-6-3)82-76(79)70-67-64-61-58-55-52-49-46-43-40-36-34-32-29-26-23-20-17-14-11-8-5-2/h9,12,18,21,27,30-31,33,73H,4-8,10-11,13-17,19-20,22-26,28-29,32,34-72H2,1-3H3/b12-9-,21-18-,30-27-,33-31-. The van der Waals surface area contributed by atoms with E-state index in [0.717, 1.165) is 83.5 Å². The summed E-state index contributed by atoms with van der Waals surface area (Å²) in [5.74, 6) is -0.852. The predicted octanol–water partition coefficient (Wildman–Crippen LogP) is 25.3. The predicted molar refractivity (Wildman–Crippen MR) is 358 cm³/mol. The number of esters is 3. The third-order valence-corrected chi connectivity index (χ3v) is 16.6. The van der Waals surface area contributed by atoms with Crippen molar-refractivity contribution in [1.29, 1.82) is 0 Å². The van der Waals surface area contributed by atoms with E-state index in [1.54, 1.807) is 0 Å². The summed E-state index contributed by atoms with van der Waals surface area (Å²) in [6, 6.07) is 0. The fourth-order valence-electron chi connectivity index (χ4n) is 11.1. The first-order valence-electron chi connectivity index (χ1n) is 36.6. The first kappa shape index (κ1) is 79.4. The molecule has 0 N–H and O–H groups in total. The Morgan fingerprint density at radius 2 is 0.476 bits per heavy atom. The van der Waals surface area contributed by atoms with E-state index in [2.05, 4.69) is 69.4 Å². The van der Waals surface area contributed by atoms with E-state index < -0.39 is 6.10 Å². The zero-order valence-electron chi connectivity index (χ0n) is 55.3. The van der Waals surface area contributed by atoms with Crippen LogP contribution in [-0.4, -0.2) is 37.2 Å². The molecule has 0 saturated heterocycles. The molecule has 0 aliphatic carbocycles. The topological polar surface area (TPSA) is 78.9 Å². The van der Waals surface area contributed by atoms with Crippen LogP contribution in [0.4, 0.5) is 0 Å². The van der Waals surface area contributed by atoms with Crippen LogP contribution in [0.2, 0.25) is 0 Å². The molecule has 0 aromatic carbocycles. The minimum Gasteiger partial charge on any atom is -0.462 e. The molecule has 480 valence electrons. The molecule has 1 unspecified atom stereocenters. The molecule has 0 fully saturated rings. The second kappa shape index (κ2) is 70.9. The third kappa shape index (κ3) is 68.2. The van der Waals surface area contributed by atoms with Gasteiger partial charge in [-0.15, -0.1) is 0 Å². The van der Waals surface area contributed by atoms with E-state index >= 15 is 0 Å². The third-order valence-electron chi connectivity index (χ3n) is 16.6. The van der Waals surface area contributed by atoms with Crippen LogP contribution >= 0.6 is 0 Å². The van der Waals surface area contributed by atoms with Crippen molar-refractivity contribution in [2.24, 2.45) is 0 Å². The molecule has 6 nitrogen and oxygen atoms in total. The van der Waals surface area contributed by atoms with E-state index in [1.807, 2.05) is 0 Å². The van der Waals surface area contributed by atoms with Crippen LogP contribution in [0.5, 0.6) is 0 Å². The Kier molecular flexibility index (Phi) is 68.6. The van der Waals surface area contributed by atoms with E-state index in [-0.39, 0.29) is 31.1 Å². The van der Waals surface area contributed by atoms with Crippen molar-refractivity contribution in [2.75, 3.05) is 13.2 Å². The lowest BCUT2D eigenvalue weighted by Crippen LogP contribution is -2.30. The SMILES string of the molecule is CC/C=C\C/C=C\C/C=C\CCCCCCCCCC(=O)OCC(COC(=O)CCCCCCCCCCCCCCC/C=C\CCCCCCCCCC)OC(=O)CCCCCCCCCCCCCCCCCCCCCCCC. The zero-order chi connectivity index (χ0) is 59.2. The number of allylic oxidation sites excluding steroid dienone is 8. The van der Waals surface area contributed by atoms with Gasteiger partial charge in [-0.3, -0.25) is 14.4 Å². The Balaban J connectivity index is 4.29. The van der Waals surface area contributed by atoms with E-state index in [9.17, 15) is 14.4 Å². The second-order valence-corrected chi connectivity index (χ2v) is 24.8. The van der Waals surface area contributed by atoms with Gasteiger partial charge in [0, 0.05) is 19.3 Å². The lowest BCUT2D eigenvalue weighted by Gasteiger charge is -2.18. The summed E-state index contributed by atoms with van der Waals surface area (Å²) >= 11 is 0. The molecule has 0 aromatic rings. The van der Waals surface area contributed by atoms with Crippen molar-refractivity contribution in [3.05, 3.63) is 48.6 Å². The molecule has 1 atom stereocenters. The highest BCUT2D eigenvalue weighted by Gasteiger charge is 2.19. The summed E-state index contributed by atoms with van der Waals surface area (Å²) in [5.41, 5.74) is 0. The van der Waals surface area contributed by atoms with Crippen molar-refractivity contribution in [3.8, 4) is 0 Å². The van der Waals surface area contributed by atoms with E-state index in [4.69, 9.17) is 14.2 Å². The highest BCUT2D eigenvalue weighted by Crippen LogP contribution is 2.19. The molecule has 0 spiro atoms. The first-order valence-corrected chi connectivity index (χ1v) is 36.6. The van der Waals surface area contributed by atoms with Crippen molar-refractivity contribution in [1.82, 2.24) is 0 Å². The Morgan fingerprint density at radius 3 is 0.756 bits per heavy atom. The van der Waals surface area contributed by atoms with Gasteiger partial charge in [0.05, 0.1) is 0 Å². The molecular weight excluding hydrogens is 1010 g/mol. The van der Waals surface area contributed by atoms with Gasteiger partial charge in [0.15, 0.2) is 6.10 Å². The Hall–Kier alpha value is -2.63. The van der Waals surface area contributed by atoms with Crippen molar-refractivity contribution >= 4 is 17.9 Å². The van der Waals surface area contributed by atoms with Crippen LogP contribution < -0.4 is 0 Å². The fraction of sp³-hybridized carbons (Fsp3) is 0.855. The van der Waals surface area contributed by atoms with E-state index in [1.165, 1.54) is 276 Å². The minimum absolute atomic E-state index is 0.0717. The van der Waals surface area contributed by atoms with Crippen molar-refractivity contribution in [3.63, 3.8) is 0 Å². The molecule has 0 aromatic heterocycles. The highest BCUT2D eigenvalue weighted by molar-refractivity contribution is 5.71. The summed E-state index contributed by atoms with van der Waals surface area (Å²) in [6.45, 7) is 6.60. The van der Waals surface area contributed by atoms with Gasteiger partial charge in [-0.05, 0) is 77.0 Å². The number of rotatable bonds is 68. The monoisotopic (exact) mass is 1150 g/mol. The minimum atomic E-state index is -0.777. The number of hydrogen-bond acceptors (Lipinski definition) is 6. The molecule has 0 radical (unpaired) electrons. The summed E-state index contributed by atoms with van der Waals surface area (Å²) in [5, 5.41) is 0. The summed E-state index contributed by atoms with van der Waals surface area (Å²) < 4.78 is 17.0. The smallest absolute Gasteiger partial charge is 0.306 e. The van der Waals surface area contributed by atoms with Crippen LogP contribution in [0, 0.1) is 0 Å².